The maximum Gasteiger partial charge on any atom is 0.161 e. The number of nitrogens with zero attached hydrogens (tertiary/aromatic N) is 1. The van der Waals surface area contributed by atoms with Gasteiger partial charge in [-0.15, -0.1) is 0 Å². The molecule has 0 amide bonds. The van der Waals surface area contributed by atoms with E-state index in [4.69, 9.17) is 0 Å². The highest BCUT2D eigenvalue weighted by Crippen LogP contribution is 2.11. The van der Waals surface area contributed by atoms with Crippen molar-refractivity contribution in [1.29, 1.82) is 0 Å². The van der Waals surface area contributed by atoms with E-state index >= 15 is 0 Å². The van der Waals surface area contributed by atoms with Gasteiger partial charge in [0.15, 0.2) is 5.78 Å². The van der Waals surface area contributed by atoms with Crippen LogP contribution in [0.1, 0.15) is 31.1 Å². The molecule has 0 atom stereocenters. The first-order valence-corrected chi connectivity index (χ1v) is 4.78. The molecule has 0 aromatic carbocycles. The van der Waals surface area contributed by atoms with Crippen molar-refractivity contribution in [3.8, 4) is 0 Å². The molecule has 1 N–H and O–H groups in total. The molecule has 3 nitrogen and oxygen atoms in total. The summed E-state index contributed by atoms with van der Waals surface area (Å²) in [5, 5.41) is 2.85. The summed E-state index contributed by atoms with van der Waals surface area (Å²) in [5.74, 6) is 0.547. The number of anilines is 1. The summed E-state index contributed by atoms with van der Waals surface area (Å²) in [6, 6.07) is 3.34. The van der Waals surface area contributed by atoms with Gasteiger partial charge in [-0.25, -0.2) is 9.37 Å². The number of rotatable bonds is 4. The van der Waals surface area contributed by atoms with Crippen LogP contribution in [-0.4, -0.2) is 23.0 Å². The number of halogens is 1. The summed E-state index contributed by atoms with van der Waals surface area (Å²) in [4.78, 5) is 15.0. The van der Waals surface area contributed by atoms with Gasteiger partial charge in [0.25, 0.3) is 0 Å². The Hall–Kier alpha value is -1.45. The van der Waals surface area contributed by atoms with Crippen molar-refractivity contribution in [1.82, 2.24) is 4.98 Å². The third-order valence-electron chi connectivity index (χ3n) is 1.86. The second-order valence-electron chi connectivity index (χ2n) is 4.06. The minimum absolute atomic E-state index is 0.0279. The molecular formula is C11H15FN2O. The Morgan fingerprint density at radius 3 is 2.60 bits per heavy atom. The normalized spacial score (nSPS) is 11.2. The Morgan fingerprint density at radius 2 is 2.20 bits per heavy atom. The van der Waals surface area contributed by atoms with Crippen LogP contribution in [-0.2, 0) is 0 Å². The number of nitrogens with one attached hydrogen (secondary N) is 1. The van der Waals surface area contributed by atoms with Gasteiger partial charge in [-0.05, 0) is 32.9 Å². The first kappa shape index (κ1) is 11.6. The van der Waals surface area contributed by atoms with E-state index < -0.39 is 5.67 Å². The maximum atomic E-state index is 13.1. The summed E-state index contributed by atoms with van der Waals surface area (Å²) < 4.78 is 13.1. The minimum atomic E-state index is -1.28. The van der Waals surface area contributed by atoms with Gasteiger partial charge in [0.1, 0.15) is 11.5 Å². The van der Waals surface area contributed by atoms with Gasteiger partial charge < -0.3 is 5.32 Å². The molecule has 0 spiro atoms. The fourth-order valence-electron chi connectivity index (χ4n) is 1.01. The summed E-state index contributed by atoms with van der Waals surface area (Å²) in [6.07, 6.45) is 1.48. The van der Waals surface area contributed by atoms with Crippen molar-refractivity contribution >= 4 is 11.6 Å². The van der Waals surface area contributed by atoms with Crippen LogP contribution in [0.5, 0.6) is 0 Å². The van der Waals surface area contributed by atoms with Gasteiger partial charge in [0.2, 0.25) is 0 Å². The first-order chi connectivity index (χ1) is 6.88. The molecule has 0 aliphatic heterocycles. The van der Waals surface area contributed by atoms with E-state index in [2.05, 4.69) is 10.3 Å². The number of aromatic nitrogens is 1. The Morgan fingerprint density at radius 1 is 1.53 bits per heavy atom. The van der Waals surface area contributed by atoms with E-state index in [0.717, 1.165) is 0 Å². The topological polar surface area (TPSA) is 42.0 Å². The number of hydrogen-bond donors (Lipinski definition) is 1. The molecule has 0 saturated carbocycles. The van der Waals surface area contributed by atoms with Crippen LogP contribution in [0.25, 0.3) is 0 Å². The number of Topliss-reactive ketones (excluding diaryl/α,β-unsaturated/α-hetero) is 1. The van der Waals surface area contributed by atoms with Crippen LogP contribution in [0.2, 0.25) is 0 Å². The van der Waals surface area contributed by atoms with Crippen molar-refractivity contribution in [2.45, 2.75) is 26.4 Å². The van der Waals surface area contributed by atoms with Crippen LogP contribution >= 0.6 is 0 Å². The average molecular weight is 210 g/mol. The second kappa shape index (κ2) is 4.38. The van der Waals surface area contributed by atoms with E-state index in [9.17, 15) is 9.18 Å². The largest absolute Gasteiger partial charge is 0.367 e. The Balaban J connectivity index is 2.61. The lowest BCUT2D eigenvalue weighted by Crippen LogP contribution is -2.24. The summed E-state index contributed by atoms with van der Waals surface area (Å²) in [5.41, 5.74) is -0.721. The highest BCUT2D eigenvalue weighted by atomic mass is 19.1. The SMILES string of the molecule is CC(=O)c1ccc(NCC(C)(C)F)nc1. The lowest BCUT2D eigenvalue weighted by molar-refractivity contribution is 0.101. The minimum Gasteiger partial charge on any atom is -0.367 e. The Bertz CT molecular complexity index is 341. The summed E-state index contributed by atoms with van der Waals surface area (Å²) in [6.45, 7) is 4.65. The van der Waals surface area contributed by atoms with E-state index in [0.29, 0.717) is 11.4 Å². The molecule has 0 bridgehead atoms. The van der Waals surface area contributed by atoms with Gasteiger partial charge in [-0.1, -0.05) is 0 Å². The molecule has 0 unspecified atom stereocenters. The standard InChI is InChI=1S/C11H15FN2O/c1-8(15)9-4-5-10(13-6-9)14-7-11(2,3)12/h4-6H,7H2,1-3H3,(H,13,14). The van der Waals surface area contributed by atoms with Crippen LogP contribution in [0.3, 0.4) is 0 Å². The summed E-state index contributed by atoms with van der Waals surface area (Å²) in [7, 11) is 0. The number of hydrogen-bond acceptors (Lipinski definition) is 3. The number of pyridine rings is 1. The van der Waals surface area contributed by atoms with E-state index in [1.165, 1.54) is 27.0 Å². The van der Waals surface area contributed by atoms with Crippen LogP contribution in [0.15, 0.2) is 18.3 Å². The molecule has 0 saturated heterocycles. The predicted octanol–water partition coefficient (Wildman–Crippen LogP) is 2.44. The number of carbonyl (C=O) groups is 1. The molecule has 1 rings (SSSR count). The second-order valence-corrected chi connectivity index (χ2v) is 4.06. The van der Waals surface area contributed by atoms with Crippen molar-refractivity contribution in [2.24, 2.45) is 0 Å². The quantitative estimate of drug-likeness (QED) is 0.776. The fourth-order valence-corrected chi connectivity index (χ4v) is 1.01. The van der Waals surface area contributed by atoms with Gasteiger partial charge in [-0.2, -0.15) is 0 Å². The molecule has 82 valence electrons. The average Bonchev–Trinajstić information content (AvgIpc) is 2.14. The Kier molecular flexibility index (Phi) is 3.39. The summed E-state index contributed by atoms with van der Waals surface area (Å²) >= 11 is 0. The Labute approximate surface area is 88.7 Å². The highest BCUT2D eigenvalue weighted by molar-refractivity contribution is 5.93. The predicted molar refractivity (Wildman–Crippen MR) is 57.9 cm³/mol. The van der Waals surface area contributed by atoms with Gasteiger partial charge in [0, 0.05) is 18.3 Å². The molecule has 15 heavy (non-hydrogen) atoms. The van der Waals surface area contributed by atoms with Gasteiger partial charge >= 0.3 is 0 Å². The van der Waals surface area contributed by atoms with E-state index in [1.807, 2.05) is 0 Å². The van der Waals surface area contributed by atoms with Crippen LogP contribution in [0.4, 0.5) is 10.2 Å². The number of ketones is 1. The molecule has 0 aliphatic carbocycles. The molecule has 0 fully saturated rings. The third kappa shape index (κ3) is 4.06. The van der Waals surface area contributed by atoms with Gasteiger partial charge in [0.05, 0.1) is 0 Å². The zero-order valence-electron chi connectivity index (χ0n) is 9.17. The number of alkyl halides is 1. The first-order valence-electron chi connectivity index (χ1n) is 4.78. The molecule has 0 radical (unpaired) electrons. The smallest absolute Gasteiger partial charge is 0.161 e. The third-order valence-corrected chi connectivity index (χ3v) is 1.86. The molecule has 1 aromatic rings. The van der Waals surface area contributed by atoms with Crippen molar-refractivity contribution < 1.29 is 9.18 Å². The van der Waals surface area contributed by atoms with Crippen LogP contribution < -0.4 is 5.32 Å². The molecule has 4 heteroatoms. The molecule has 1 heterocycles. The fraction of sp³-hybridized carbons (Fsp3) is 0.455. The van der Waals surface area contributed by atoms with Crippen LogP contribution in [0, 0.1) is 0 Å². The molecular weight excluding hydrogens is 195 g/mol. The monoisotopic (exact) mass is 210 g/mol. The highest BCUT2D eigenvalue weighted by Gasteiger charge is 2.14. The molecule has 0 aliphatic rings. The van der Waals surface area contributed by atoms with Gasteiger partial charge in [-0.3, -0.25) is 4.79 Å². The molecule has 1 aromatic heterocycles. The zero-order chi connectivity index (χ0) is 11.5. The van der Waals surface area contributed by atoms with E-state index in [-0.39, 0.29) is 12.3 Å². The van der Waals surface area contributed by atoms with Crippen molar-refractivity contribution in [3.05, 3.63) is 23.9 Å². The van der Waals surface area contributed by atoms with Crippen molar-refractivity contribution in [2.75, 3.05) is 11.9 Å². The maximum absolute atomic E-state index is 13.1. The lowest BCUT2D eigenvalue weighted by Gasteiger charge is -2.15. The lowest BCUT2D eigenvalue weighted by atomic mass is 10.2. The zero-order valence-corrected chi connectivity index (χ0v) is 9.17. The van der Waals surface area contributed by atoms with E-state index in [1.54, 1.807) is 12.1 Å². The van der Waals surface area contributed by atoms with Crippen molar-refractivity contribution in [3.63, 3.8) is 0 Å². The number of carbonyl (C=O) groups excluding carboxylic acids is 1.